The summed E-state index contributed by atoms with van der Waals surface area (Å²) in [5.41, 5.74) is 7.29. The molecule has 1 aliphatic rings. The van der Waals surface area contributed by atoms with Crippen LogP contribution in [0.15, 0.2) is 10.7 Å². The normalized spacial score (nSPS) is 25.6. The van der Waals surface area contributed by atoms with Crippen LogP contribution in [0.4, 0.5) is 0 Å². The summed E-state index contributed by atoms with van der Waals surface area (Å²) in [5, 5.41) is 3.84. The molecule has 2 N–H and O–H groups in total. The van der Waals surface area contributed by atoms with Gasteiger partial charge in [0.2, 0.25) is 0 Å². The van der Waals surface area contributed by atoms with Crippen molar-refractivity contribution in [1.82, 2.24) is 5.16 Å². The van der Waals surface area contributed by atoms with Crippen LogP contribution in [0.25, 0.3) is 0 Å². The molecule has 0 radical (unpaired) electrons. The summed E-state index contributed by atoms with van der Waals surface area (Å²) in [5.74, 6) is 1.38. The molecule has 72 valence electrons. The number of fused-ring (bicyclic) bond motifs is 1. The molecule has 1 unspecified atom stereocenters. The van der Waals surface area contributed by atoms with Crippen LogP contribution in [0.2, 0.25) is 0 Å². The van der Waals surface area contributed by atoms with Gasteiger partial charge in [-0.15, -0.1) is 0 Å². The average molecular weight is 180 g/mol. The minimum atomic E-state index is 0.336. The van der Waals surface area contributed by atoms with E-state index in [1.54, 1.807) is 0 Å². The van der Waals surface area contributed by atoms with Gasteiger partial charge in [0.25, 0.3) is 0 Å². The van der Waals surface area contributed by atoms with E-state index in [1.165, 1.54) is 5.56 Å². The standard InChI is InChI=1S/C10H16N2O/c1-10(2)3-7(5-11)9-8(4-10)6-12-13-9/h6-7H,3-5,11H2,1-2H3. The molecule has 0 fully saturated rings. The molecule has 1 aromatic heterocycles. The van der Waals surface area contributed by atoms with Crippen LogP contribution in [-0.2, 0) is 6.42 Å². The fraction of sp³-hybridized carbons (Fsp3) is 0.700. The first-order valence-electron chi connectivity index (χ1n) is 4.76. The highest BCUT2D eigenvalue weighted by atomic mass is 16.5. The van der Waals surface area contributed by atoms with E-state index in [1.807, 2.05) is 6.20 Å². The Labute approximate surface area is 78.3 Å². The smallest absolute Gasteiger partial charge is 0.144 e. The second-order valence-electron chi connectivity index (χ2n) is 4.69. The van der Waals surface area contributed by atoms with E-state index in [2.05, 4.69) is 19.0 Å². The van der Waals surface area contributed by atoms with Gasteiger partial charge in [-0.2, -0.15) is 0 Å². The molecule has 1 heterocycles. The van der Waals surface area contributed by atoms with E-state index in [0.717, 1.165) is 18.6 Å². The summed E-state index contributed by atoms with van der Waals surface area (Å²) in [6.07, 6.45) is 3.99. The summed E-state index contributed by atoms with van der Waals surface area (Å²) in [7, 11) is 0. The van der Waals surface area contributed by atoms with Crippen molar-refractivity contribution in [3.8, 4) is 0 Å². The van der Waals surface area contributed by atoms with E-state index in [-0.39, 0.29) is 0 Å². The van der Waals surface area contributed by atoms with Crippen LogP contribution in [0.1, 0.15) is 37.5 Å². The maximum Gasteiger partial charge on any atom is 0.144 e. The van der Waals surface area contributed by atoms with Crippen molar-refractivity contribution in [2.75, 3.05) is 6.54 Å². The van der Waals surface area contributed by atoms with Gasteiger partial charge in [0.1, 0.15) is 5.76 Å². The third kappa shape index (κ3) is 1.48. The topological polar surface area (TPSA) is 52.0 Å². The van der Waals surface area contributed by atoms with Crippen LogP contribution in [0.3, 0.4) is 0 Å². The lowest BCUT2D eigenvalue weighted by atomic mass is 9.72. The van der Waals surface area contributed by atoms with Crippen molar-refractivity contribution in [3.63, 3.8) is 0 Å². The monoisotopic (exact) mass is 180 g/mol. The maximum absolute atomic E-state index is 5.71. The number of rotatable bonds is 1. The molecular formula is C10H16N2O. The molecule has 0 saturated heterocycles. The van der Waals surface area contributed by atoms with Gasteiger partial charge in [0, 0.05) is 18.0 Å². The van der Waals surface area contributed by atoms with Crippen molar-refractivity contribution in [2.45, 2.75) is 32.6 Å². The molecule has 0 amide bonds. The summed E-state index contributed by atoms with van der Waals surface area (Å²) in [4.78, 5) is 0. The fourth-order valence-electron chi connectivity index (χ4n) is 2.28. The van der Waals surface area contributed by atoms with Crippen LogP contribution in [-0.4, -0.2) is 11.7 Å². The highest BCUT2D eigenvalue weighted by Crippen LogP contribution is 2.41. The van der Waals surface area contributed by atoms with E-state index in [0.29, 0.717) is 17.9 Å². The quantitative estimate of drug-likeness (QED) is 0.715. The van der Waals surface area contributed by atoms with Crippen LogP contribution in [0.5, 0.6) is 0 Å². The minimum Gasteiger partial charge on any atom is -0.361 e. The number of hydrogen-bond donors (Lipinski definition) is 1. The summed E-state index contributed by atoms with van der Waals surface area (Å²) >= 11 is 0. The van der Waals surface area contributed by atoms with Gasteiger partial charge in [0.15, 0.2) is 0 Å². The molecule has 0 aliphatic heterocycles. The first-order valence-corrected chi connectivity index (χ1v) is 4.76. The van der Waals surface area contributed by atoms with Crippen molar-refractivity contribution < 1.29 is 4.52 Å². The Hall–Kier alpha value is -0.830. The van der Waals surface area contributed by atoms with Crippen molar-refractivity contribution in [2.24, 2.45) is 11.1 Å². The third-order valence-electron chi connectivity index (χ3n) is 2.80. The van der Waals surface area contributed by atoms with Crippen LogP contribution >= 0.6 is 0 Å². The largest absolute Gasteiger partial charge is 0.361 e. The first kappa shape index (κ1) is 8.75. The van der Waals surface area contributed by atoms with E-state index in [9.17, 15) is 0 Å². The van der Waals surface area contributed by atoms with Crippen molar-refractivity contribution in [1.29, 1.82) is 0 Å². The van der Waals surface area contributed by atoms with E-state index < -0.39 is 0 Å². The Kier molecular flexibility index (Phi) is 1.91. The molecule has 1 aromatic rings. The average Bonchev–Trinajstić information content (AvgIpc) is 2.48. The van der Waals surface area contributed by atoms with Crippen LogP contribution < -0.4 is 5.73 Å². The fourth-order valence-corrected chi connectivity index (χ4v) is 2.28. The summed E-state index contributed by atoms with van der Waals surface area (Å²) in [6, 6.07) is 0. The van der Waals surface area contributed by atoms with E-state index in [4.69, 9.17) is 10.3 Å². The maximum atomic E-state index is 5.71. The second-order valence-corrected chi connectivity index (χ2v) is 4.69. The van der Waals surface area contributed by atoms with Crippen molar-refractivity contribution in [3.05, 3.63) is 17.5 Å². The van der Waals surface area contributed by atoms with Gasteiger partial charge in [0.05, 0.1) is 6.20 Å². The number of hydrogen-bond acceptors (Lipinski definition) is 3. The van der Waals surface area contributed by atoms with Gasteiger partial charge in [-0.05, 0) is 18.3 Å². The zero-order chi connectivity index (χ0) is 9.47. The number of nitrogens with zero attached hydrogens (tertiary/aromatic N) is 1. The highest BCUT2D eigenvalue weighted by molar-refractivity contribution is 5.23. The zero-order valence-corrected chi connectivity index (χ0v) is 8.21. The SMILES string of the molecule is CC1(C)Cc2cnoc2C(CN)C1. The van der Waals surface area contributed by atoms with Crippen molar-refractivity contribution >= 4 is 0 Å². The molecule has 2 rings (SSSR count). The lowest BCUT2D eigenvalue weighted by Crippen LogP contribution is -2.28. The summed E-state index contributed by atoms with van der Waals surface area (Å²) < 4.78 is 5.22. The summed E-state index contributed by atoms with van der Waals surface area (Å²) in [6.45, 7) is 5.20. The van der Waals surface area contributed by atoms with Gasteiger partial charge in [-0.25, -0.2) is 0 Å². The van der Waals surface area contributed by atoms with Gasteiger partial charge in [-0.1, -0.05) is 19.0 Å². The number of nitrogens with two attached hydrogens (primary N) is 1. The number of aromatic nitrogens is 1. The molecule has 1 aliphatic carbocycles. The molecular weight excluding hydrogens is 164 g/mol. The predicted octanol–water partition coefficient (Wildman–Crippen LogP) is 1.69. The van der Waals surface area contributed by atoms with Crippen LogP contribution in [0, 0.1) is 5.41 Å². The molecule has 3 nitrogen and oxygen atoms in total. The molecule has 0 bridgehead atoms. The Morgan fingerprint density at radius 1 is 1.69 bits per heavy atom. The molecule has 0 spiro atoms. The third-order valence-corrected chi connectivity index (χ3v) is 2.80. The van der Waals surface area contributed by atoms with Gasteiger partial charge >= 0.3 is 0 Å². The molecule has 1 atom stereocenters. The Balaban J connectivity index is 2.36. The predicted molar refractivity (Wildman–Crippen MR) is 50.4 cm³/mol. The molecule has 13 heavy (non-hydrogen) atoms. The molecule has 0 aromatic carbocycles. The first-order chi connectivity index (χ1) is 6.12. The lowest BCUT2D eigenvalue weighted by molar-refractivity contribution is 0.245. The lowest BCUT2D eigenvalue weighted by Gasteiger charge is -2.32. The second kappa shape index (κ2) is 2.84. The van der Waals surface area contributed by atoms with E-state index >= 15 is 0 Å². The highest BCUT2D eigenvalue weighted by Gasteiger charge is 2.34. The zero-order valence-electron chi connectivity index (χ0n) is 8.21. The minimum absolute atomic E-state index is 0.336. The van der Waals surface area contributed by atoms with Gasteiger partial charge < -0.3 is 10.3 Å². The molecule has 3 heteroatoms. The Bertz CT molecular complexity index is 304. The molecule has 0 saturated carbocycles. The Morgan fingerprint density at radius 2 is 2.46 bits per heavy atom. The Morgan fingerprint density at radius 3 is 3.15 bits per heavy atom. The van der Waals surface area contributed by atoms with Gasteiger partial charge in [-0.3, -0.25) is 0 Å².